The zero-order valence-electron chi connectivity index (χ0n) is 10.0. The van der Waals surface area contributed by atoms with E-state index in [0.717, 1.165) is 22.0 Å². The molecule has 0 spiro atoms. The van der Waals surface area contributed by atoms with Crippen LogP contribution in [0.1, 0.15) is 5.56 Å². The van der Waals surface area contributed by atoms with Gasteiger partial charge in [0, 0.05) is 10.9 Å². The number of halogens is 1. The summed E-state index contributed by atoms with van der Waals surface area (Å²) in [7, 11) is 0. The van der Waals surface area contributed by atoms with Gasteiger partial charge in [0.05, 0.1) is 5.52 Å². The van der Waals surface area contributed by atoms with Crippen LogP contribution in [0, 0.1) is 6.92 Å². The molecule has 1 aromatic heterocycles. The van der Waals surface area contributed by atoms with E-state index in [0.29, 0.717) is 5.15 Å². The monoisotopic (exact) mass is 253 g/mol. The van der Waals surface area contributed by atoms with Crippen molar-refractivity contribution in [3.05, 3.63) is 65.3 Å². The normalized spacial score (nSPS) is 10.8. The van der Waals surface area contributed by atoms with Gasteiger partial charge in [-0.1, -0.05) is 54.1 Å². The van der Waals surface area contributed by atoms with Crippen LogP contribution >= 0.6 is 11.6 Å². The number of nitrogens with zero attached hydrogens (tertiary/aromatic N) is 1. The van der Waals surface area contributed by atoms with Crippen LogP contribution in [-0.4, -0.2) is 4.98 Å². The summed E-state index contributed by atoms with van der Waals surface area (Å²) in [4.78, 5) is 4.48. The first kappa shape index (κ1) is 11.2. The van der Waals surface area contributed by atoms with Gasteiger partial charge in [-0.05, 0) is 30.2 Å². The molecule has 2 aromatic carbocycles. The maximum atomic E-state index is 6.28. The van der Waals surface area contributed by atoms with E-state index >= 15 is 0 Å². The number of aromatic nitrogens is 1. The van der Waals surface area contributed by atoms with Crippen molar-refractivity contribution in [2.75, 3.05) is 0 Å². The second-order valence-corrected chi connectivity index (χ2v) is 4.75. The molecule has 0 fully saturated rings. The molecule has 0 atom stereocenters. The van der Waals surface area contributed by atoms with E-state index in [2.05, 4.69) is 36.2 Å². The largest absolute Gasteiger partial charge is 0.235 e. The van der Waals surface area contributed by atoms with Crippen LogP contribution in [0.5, 0.6) is 0 Å². The fraction of sp³-hybridized carbons (Fsp3) is 0.0625. The molecular formula is C16H12ClN. The first-order valence-electron chi connectivity index (χ1n) is 5.86. The second kappa shape index (κ2) is 4.43. The third kappa shape index (κ3) is 1.98. The topological polar surface area (TPSA) is 12.9 Å². The van der Waals surface area contributed by atoms with E-state index in [1.807, 2.05) is 30.3 Å². The van der Waals surface area contributed by atoms with E-state index in [4.69, 9.17) is 11.6 Å². The van der Waals surface area contributed by atoms with Crippen LogP contribution < -0.4 is 0 Å². The molecule has 0 aliphatic rings. The Morgan fingerprint density at radius 1 is 0.944 bits per heavy atom. The average molecular weight is 254 g/mol. The van der Waals surface area contributed by atoms with Crippen LogP contribution in [0.2, 0.25) is 5.15 Å². The highest BCUT2D eigenvalue weighted by molar-refractivity contribution is 6.32. The minimum absolute atomic E-state index is 0.555. The molecule has 0 aliphatic heterocycles. The van der Waals surface area contributed by atoms with E-state index in [1.54, 1.807) is 0 Å². The lowest BCUT2D eigenvalue weighted by Gasteiger charge is -2.06. The summed E-state index contributed by atoms with van der Waals surface area (Å²) < 4.78 is 0. The molecule has 0 saturated carbocycles. The Labute approximate surface area is 111 Å². The molecule has 18 heavy (non-hydrogen) atoms. The average Bonchev–Trinajstić information content (AvgIpc) is 2.39. The summed E-state index contributed by atoms with van der Waals surface area (Å²) in [6, 6.07) is 18.4. The summed E-state index contributed by atoms with van der Waals surface area (Å²) in [5.41, 5.74) is 4.21. The zero-order valence-corrected chi connectivity index (χ0v) is 10.8. The summed E-state index contributed by atoms with van der Waals surface area (Å²) >= 11 is 6.28. The number of aryl methyl sites for hydroxylation is 1. The molecular weight excluding hydrogens is 242 g/mol. The predicted octanol–water partition coefficient (Wildman–Crippen LogP) is 4.86. The zero-order chi connectivity index (χ0) is 12.5. The van der Waals surface area contributed by atoms with Crippen molar-refractivity contribution in [2.45, 2.75) is 6.92 Å². The van der Waals surface area contributed by atoms with Crippen molar-refractivity contribution in [3.63, 3.8) is 0 Å². The van der Waals surface area contributed by atoms with Crippen LogP contribution in [-0.2, 0) is 0 Å². The second-order valence-electron chi connectivity index (χ2n) is 4.39. The van der Waals surface area contributed by atoms with Gasteiger partial charge in [-0.2, -0.15) is 0 Å². The predicted molar refractivity (Wildman–Crippen MR) is 76.9 cm³/mol. The number of hydrogen-bond acceptors (Lipinski definition) is 1. The molecule has 1 heterocycles. The van der Waals surface area contributed by atoms with Gasteiger partial charge in [0.2, 0.25) is 0 Å². The fourth-order valence-electron chi connectivity index (χ4n) is 2.07. The Kier molecular flexibility index (Phi) is 2.77. The van der Waals surface area contributed by atoms with Crippen molar-refractivity contribution < 1.29 is 0 Å². The lowest BCUT2D eigenvalue weighted by atomic mass is 10.0. The van der Waals surface area contributed by atoms with Gasteiger partial charge in [0.25, 0.3) is 0 Å². The highest BCUT2D eigenvalue weighted by Crippen LogP contribution is 2.29. The van der Waals surface area contributed by atoms with Gasteiger partial charge in [0.15, 0.2) is 0 Å². The van der Waals surface area contributed by atoms with E-state index in [-0.39, 0.29) is 0 Å². The third-order valence-electron chi connectivity index (χ3n) is 3.01. The first-order valence-corrected chi connectivity index (χ1v) is 6.24. The van der Waals surface area contributed by atoms with Crippen molar-refractivity contribution in [1.29, 1.82) is 0 Å². The van der Waals surface area contributed by atoms with Gasteiger partial charge in [-0.3, -0.25) is 0 Å². The van der Waals surface area contributed by atoms with E-state index < -0.39 is 0 Å². The Bertz CT molecular complexity index is 705. The Morgan fingerprint density at radius 3 is 2.50 bits per heavy atom. The molecule has 0 aliphatic carbocycles. The smallest absolute Gasteiger partial charge is 0.137 e. The summed E-state index contributed by atoms with van der Waals surface area (Å²) in [5.74, 6) is 0. The minimum atomic E-state index is 0.555. The van der Waals surface area contributed by atoms with Crippen LogP contribution in [0.25, 0.3) is 22.0 Å². The number of benzene rings is 2. The van der Waals surface area contributed by atoms with E-state index in [9.17, 15) is 0 Å². The molecule has 88 valence electrons. The molecule has 2 heteroatoms. The number of rotatable bonds is 1. The highest BCUT2D eigenvalue weighted by atomic mass is 35.5. The molecule has 0 unspecified atom stereocenters. The quantitative estimate of drug-likeness (QED) is 0.564. The lowest BCUT2D eigenvalue weighted by molar-refractivity contribution is 1.38. The summed E-state index contributed by atoms with van der Waals surface area (Å²) in [6.45, 7) is 2.06. The van der Waals surface area contributed by atoms with Crippen molar-refractivity contribution in [1.82, 2.24) is 4.98 Å². The first-order chi connectivity index (χ1) is 8.74. The molecule has 3 aromatic rings. The Morgan fingerprint density at radius 2 is 1.72 bits per heavy atom. The van der Waals surface area contributed by atoms with Crippen LogP contribution in [0.4, 0.5) is 0 Å². The number of pyridine rings is 1. The maximum Gasteiger partial charge on any atom is 0.137 e. The van der Waals surface area contributed by atoms with E-state index in [1.165, 1.54) is 5.56 Å². The van der Waals surface area contributed by atoms with Crippen molar-refractivity contribution in [3.8, 4) is 11.1 Å². The maximum absolute atomic E-state index is 6.28. The number of fused-ring (bicyclic) bond motifs is 1. The van der Waals surface area contributed by atoms with Crippen LogP contribution in [0.15, 0.2) is 54.6 Å². The Hall–Kier alpha value is -1.86. The molecule has 3 rings (SSSR count). The molecule has 0 bridgehead atoms. The lowest BCUT2D eigenvalue weighted by Crippen LogP contribution is -1.86. The van der Waals surface area contributed by atoms with Crippen molar-refractivity contribution in [2.24, 2.45) is 0 Å². The highest BCUT2D eigenvalue weighted by Gasteiger charge is 2.06. The molecule has 0 saturated heterocycles. The van der Waals surface area contributed by atoms with Crippen LogP contribution in [0.3, 0.4) is 0 Å². The standard InChI is InChI=1S/C16H12ClN/c1-11-7-8-13-10-14(12-5-3-2-4-6-12)16(17)18-15(13)9-11/h2-10H,1H3. The SMILES string of the molecule is Cc1ccc2cc(-c3ccccc3)c(Cl)nc2c1. The van der Waals surface area contributed by atoms with Gasteiger partial charge in [-0.25, -0.2) is 4.98 Å². The van der Waals surface area contributed by atoms with Gasteiger partial charge in [0.1, 0.15) is 5.15 Å². The molecule has 1 nitrogen and oxygen atoms in total. The Balaban J connectivity index is 2.25. The molecule has 0 radical (unpaired) electrons. The number of hydrogen-bond donors (Lipinski definition) is 0. The molecule has 0 N–H and O–H groups in total. The molecule has 0 amide bonds. The van der Waals surface area contributed by atoms with Gasteiger partial charge < -0.3 is 0 Å². The van der Waals surface area contributed by atoms with Gasteiger partial charge >= 0.3 is 0 Å². The summed E-state index contributed by atoms with van der Waals surface area (Å²) in [6.07, 6.45) is 0. The summed E-state index contributed by atoms with van der Waals surface area (Å²) in [5, 5.41) is 1.67. The minimum Gasteiger partial charge on any atom is -0.235 e. The third-order valence-corrected chi connectivity index (χ3v) is 3.30. The van der Waals surface area contributed by atoms with Gasteiger partial charge in [-0.15, -0.1) is 0 Å². The fourth-order valence-corrected chi connectivity index (χ4v) is 2.33. The van der Waals surface area contributed by atoms with Crippen molar-refractivity contribution >= 4 is 22.5 Å².